The smallest absolute Gasteiger partial charge is 0.232 e. The number of aryl methyl sites for hydroxylation is 1. The summed E-state index contributed by atoms with van der Waals surface area (Å²) in [4.78, 5) is 12.3. The maximum atomic E-state index is 12.3. The van der Waals surface area contributed by atoms with Crippen LogP contribution in [-0.2, 0) is 14.8 Å². The van der Waals surface area contributed by atoms with Crippen molar-refractivity contribution in [2.75, 3.05) is 17.1 Å². The third-order valence-corrected chi connectivity index (χ3v) is 5.66. The Morgan fingerprint density at radius 3 is 2.42 bits per heavy atom. The Kier molecular flexibility index (Phi) is 6.67. The number of nitrogens with one attached hydrogen (secondary N) is 1. The molecule has 1 atom stereocenters. The molecule has 0 aromatic heterocycles. The van der Waals surface area contributed by atoms with E-state index in [1.54, 1.807) is 18.2 Å². The number of hydrogen-bond donors (Lipinski definition) is 1. The number of hydrogen-bond acceptors (Lipinski definition) is 3. The van der Waals surface area contributed by atoms with E-state index in [1.807, 2.05) is 44.2 Å². The normalized spacial score (nSPS) is 12.5. The summed E-state index contributed by atoms with van der Waals surface area (Å²) in [6.07, 6.45) is 1.17. The van der Waals surface area contributed by atoms with Crippen molar-refractivity contribution in [1.29, 1.82) is 0 Å². The molecule has 140 valence electrons. The van der Waals surface area contributed by atoms with Gasteiger partial charge >= 0.3 is 0 Å². The first-order valence-corrected chi connectivity index (χ1v) is 10.5. The van der Waals surface area contributed by atoms with Crippen LogP contribution in [0.15, 0.2) is 48.5 Å². The van der Waals surface area contributed by atoms with E-state index in [1.165, 1.54) is 4.31 Å². The monoisotopic (exact) mass is 394 g/mol. The molecule has 2 rings (SSSR count). The van der Waals surface area contributed by atoms with Crippen LogP contribution in [0.25, 0.3) is 0 Å². The Morgan fingerprint density at radius 2 is 1.85 bits per heavy atom. The number of carbonyl (C=O) groups is 1. The zero-order valence-electron chi connectivity index (χ0n) is 15.1. The van der Waals surface area contributed by atoms with E-state index in [2.05, 4.69) is 5.32 Å². The van der Waals surface area contributed by atoms with Gasteiger partial charge in [0.1, 0.15) is 0 Å². The van der Waals surface area contributed by atoms with E-state index >= 15 is 0 Å². The van der Waals surface area contributed by atoms with E-state index in [-0.39, 0.29) is 24.9 Å². The molecule has 26 heavy (non-hydrogen) atoms. The highest BCUT2D eigenvalue weighted by Crippen LogP contribution is 2.25. The third-order valence-electron chi connectivity index (χ3n) is 4.06. The Hall–Kier alpha value is -2.05. The fourth-order valence-electron chi connectivity index (χ4n) is 2.57. The van der Waals surface area contributed by atoms with Gasteiger partial charge in [-0.15, -0.1) is 0 Å². The summed E-state index contributed by atoms with van der Waals surface area (Å²) in [6, 6.07) is 14.5. The van der Waals surface area contributed by atoms with Gasteiger partial charge in [-0.2, -0.15) is 0 Å². The van der Waals surface area contributed by atoms with Crippen LogP contribution in [0, 0.1) is 6.92 Å². The highest BCUT2D eigenvalue weighted by molar-refractivity contribution is 7.92. The number of sulfonamides is 1. The van der Waals surface area contributed by atoms with Crippen molar-refractivity contribution in [3.8, 4) is 0 Å². The van der Waals surface area contributed by atoms with Crippen molar-refractivity contribution in [2.24, 2.45) is 0 Å². The minimum Gasteiger partial charge on any atom is -0.350 e. The quantitative estimate of drug-likeness (QED) is 0.778. The summed E-state index contributed by atoms with van der Waals surface area (Å²) < 4.78 is 25.5. The molecule has 0 spiro atoms. The molecule has 1 unspecified atom stereocenters. The van der Waals surface area contributed by atoms with Crippen molar-refractivity contribution >= 4 is 33.2 Å². The Morgan fingerprint density at radius 1 is 1.19 bits per heavy atom. The van der Waals surface area contributed by atoms with Crippen LogP contribution < -0.4 is 9.62 Å². The van der Waals surface area contributed by atoms with Crippen LogP contribution >= 0.6 is 11.6 Å². The summed E-state index contributed by atoms with van der Waals surface area (Å²) in [5.41, 5.74) is 2.30. The lowest BCUT2D eigenvalue weighted by molar-refractivity contribution is -0.121. The molecule has 1 N–H and O–H groups in total. The lowest BCUT2D eigenvalue weighted by Gasteiger charge is -2.23. The molecule has 0 saturated carbocycles. The molecule has 5 nitrogen and oxygen atoms in total. The number of nitrogens with zero attached hydrogens (tertiary/aromatic N) is 1. The van der Waals surface area contributed by atoms with Crippen molar-refractivity contribution in [3.63, 3.8) is 0 Å². The lowest BCUT2D eigenvalue weighted by atomic mass is 10.1. The molecule has 0 aliphatic heterocycles. The van der Waals surface area contributed by atoms with Crippen LogP contribution in [-0.4, -0.2) is 27.1 Å². The van der Waals surface area contributed by atoms with E-state index in [4.69, 9.17) is 11.6 Å². The van der Waals surface area contributed by atoms with E-state index in [0.717, 1.165) is 17.4 Å². The van der Waals surface area contributed by atoms with Gasteiger partial charge in [0, 0.05) is 18.0 Å². The highest BCUT2D eigenvalue weighted by atomic mass is 35.5. The predicted molar refractivity (Wildman–Crippen MR) is 106 cm³/mol. The molecule has 2 aromatic rings. The zero-order valence-corrected chi connectivity index (χ0v) is 16.6. The predicted octanol–water partition coefficient (Wildman–Crippen LogP) is 3.68. The molecule has 2 aromatic carbocycles. The zero-order chi connectivity index (χ0) is 19.3. The van der Waals surface area contributed by atoms with E-state index in [9.17, 15) is 13.2 Å². The second-order valence-electron chi connectivity index (χ2n) is 6.22. The van der Waals surface area contributed by atoms with Crippen LogP contribution in [0.5, 0.6) is 0 Å². The minimum atomic E-state index is -3.53. The van der Waals surface area contributed by atoms with Gasteiger partial charge in [-0.1, -0.05) is 48.0 Å². The Bertz CT molecular complexity index is 870. The Labute approximate surface area is 160 Å². The molecule has 0 aliphatic carbocycles. The highest BCUT2D eigenvalue weighted by Gasteiger charge is 2.20. The van der Waals surface area contributed by atoms with Crippen LogP contribution in [0.2, 0.25) is 5.02 Å². The molecule has 0 aliphatic rings. The molecular weight excluding hydrogens is 372 g/mol. The molecule has 0 fully saturated rings. The lowest BCUT2D eigenvalue weighted by Crippen LogP contribution is -2.35. The van der Waals surface area contributed by atoms with Crippen LogP contribution in [0.4, 0.5) is 5.69 Å². The maximum Gasteiger partial charge on any atom is 0.232 e. The molecule has 1 amide bonds. The van der Waals surface area contributed by atoms with E-state index in [0.29, 0.717) is 10.7 Å². The summed E-state index contributed by atoms with van der Waals surface area (Å²) in [7, 11) is -3.53. The van der Waals surface area contributed by atoms with Crippen molar-refractivity contribution in [3.05, 3.63) is 64.7 Å². The molecule has 0 heterocycles. The van der Waals surface area contributed by atoms with E-state index < -0.39 is 10.0 Å². The van der Waals surface area contributed by atoms with Crippen molar-refractivity contribution < 1.29 is 13.2 Å². The van der Waals surface area contributed by atoms with Gasteiger partial charge in [-0.05, 0) is 37.1 Å². The number of carbonyl (C=O) groups excluding carboxylic acids is 1. The number of rotatable bonds is 7. The third kappa shape index (κ3) is 5.47. The van der Waals surface area contributed by atoms with Gasteiger partial charge in [0.25, 0.3) is 0 Å². The minimum absolute atomic E-state index is 0.0472. The fraction of sp³-hybridized carbons (Fsp3) is 0.316. The molecular formula is C19H23ClN2O3S. The number of anilines is 1. The van der Waals surface area contributed by atoms with Gasteiger partial charge in [-0.3, -0.25) is 9.10 Å². The maximum absolute atomic E-state index is 12.3. The fourth-order valence-corrected chi connectivity index (χ4v) is 3.66. The van der Waals surface area contributed by atoms with Crippen LogP contribution in [0.1, 0.15) is 30.5 Å². The number of amides is 1. The standard InChI is InChI=1S/C19H23ClN2O3S/c1-14-9-10-17(13-18(14)20)22(26(3,24)25)12-11-19(23)21-15(2)16-7-5-4-6-8-16/h4-10,13,15H,11-12H2,1-3H3,(H,21,23). The summed E-state index contributed by atoms with van der Waals surface area (Å²) in [6.45, 7) is 3.78. The second kappa shape index (κ2) is 8.56. The first-order valence-electron chi connectivity index (χ1n) is 8.26. The Balaban J connectivity index is 2.05. The molecule has 7 heteroatoms. The molecule has 0 radical (unpaired) electrons. The molecule has 0 saturated heterocycles. The summed E-state index contributed by atoms with van der Waals surface area (Å²) in [5, 5.41) is 3.37. The molecule has 0 bridgehead atoms. The van der Waals surface area contributed by atoms with Crippen LogP contribution in [0.3, 0.4) is 0 Å². The van der Waals surface area contributed by atoms with Crippen molar-refractivity contribution in [1.82, 2.24) is 5.32 Å². The number of halogens is 1. The van der Waals surface area contributed by atoms with Gasteiger partial charge in [0.05, 0.1) is 18.0 Å². The first-order chi connectivity index (χ1) is 12.2. The second-order valence-corrected chi connectivity index (χ2v) is 8.53. The summed E-state index contributed by atoms with van der Waals surface area (Å²) in [5.74, 6) is -0.215. The average molecular weight is 395 g/mol. The topological polar surface area (TPSA) is 66.5 Å². The average Bonchev–Trinajstić information content (AvgIpc) is 2.57. The number of benzene rings is 2. The first kappa shape index (κ1) is 20.3. The van der Waals surface area contributed by atoms with Gasteiger partial charge in [-0.25, -0.2) is 8.42 Å². The summed E-state index contributed by atoms with van der Waals surface area (Å²) >= 11 is 6.11. The van der Waals surface area contributed by atoms with Gasteiger partial charge in [0.2, 0.25) is 15.9 Å². The van der Waals surface area contributed by atoms with Gasteiger partial charge < -0.3 is 5.32 Å². The van der Waals surface area contributed by atoms with Crippen molar-refractivity contribution in [2.45, 2.75) is 26.3 Å². The van der Waals surface area contributed by atoms with Gasteiger partial charge in [0.15, 0.2) is 0 Å². The SMILES string of the molecule is Cc1ccc(N(CCC(=O)NC(C)c2ccccc2)S(C)(=O)=O)cc1Cl. The largest absolute Gasteiger partial charge is 0.350 e.